The maximum absolute atomic E-state index is 9.61. The minimum Gasteiger partial charge on any atom is -0.393 e. The monoisotopic (exact) mass is 238 g/mol. The molecular weight excluding hydrogens is 208 g/mol. The minimum atomic E-state index is -0.133. The third kappa shape index (κ3) is 13.4. The molecule has 0 aliphatic heterocycles. The van der Waals surface area contributed by atoms with Crippen LogP contribution in [-0.2, 0) is 0 Å². The fourth-order valence-corrected chi connectivity index (χ4v) is 1.68. The van der Waals surface area contributed by atoms with Gasteiger partial charge in [0.25, 0.3) is 0 Å². The van der Waals surface area contributed by atoms with Crippen LogP contribution in [0.3, 0.4) is 0 Å². The van der Waals surface area contributed by atoms with Crippen LogP contribution >= 0.6 is 0 Å². The van der Waals surface area contributed by atoms with Crippen LogP contribution in [0.1, 0.15) is 71.6 Å². The highest BCUT2D eigenvalue weighted by Gasteiger charge is 1.98. The molecule has 1 heteroatoms. The van der Waals surface area contributed by atoms with Gasteiger partial charge in [0.2, 0.25) is 0 Å². The Hall–Kier alpha value is -0.560. The molecule has 0 aliphatic carbocycles. The first-order valence-corrected chi connectivity index (χ1v) is 7.29. The predicted molar refractivity (Wildman–Crippen MR) is 77.2 cm³/mol. The van der Waals surface area contributed by atoms with Crippen LogP contribution in [0.2, 0.25) is 0 Å². The van der Waals surface area contributed by atoms with E-state index < -0.39 is 0 Å². The molecule has 1 unspecified atom stereocenters. The summed E-state index contributed by atoms with van der Waals surface area (Å²) < 4.78 is 0. The molecule has 1 N–H and O–H groups in total. The topological polar surface area (TPSA) is 20.2 Å². The Labute approximate surface area is 108 Å². The summed E-state index contributed by atoms with van der Waals surface area (Å²) in [6.07, 6.45) is 18.8. The van der Waals surface area contributed by atoms with Crippen molar-refractivity contribution >= 4 is 0 Å². The van der Waals surface area contributed by atoms with E-state index in [4.69, 9.17) is 0 Å². The van der Waals surface area contributed by atoms with Crippen LogP contribution in [0.25, 0.3) is 0 Å². The van der Waals surface area contributed by atoms with Crippen molar-refractivity contribution in [2.24, 2.45) is 0 Å². The average Bonchev–Trinajstić information content (AvgIpc) is 2.34. The molecule has 0 saturated heterocycles. The summed E-state index contributed by atoms with van der Waals surface area (Å²) in [7, 11) is 0. The molecule has 0 aromatic rings. The zero-order valence-corrected chi connectivity index (χ0v) is 11.7. The summed E-state index contributed by atoms with van der Waals surface area (Å²) in [6, 6.07) is 0. The predicted octanol–water partition coefficient (Wildman–Crippen LogP) is 5.01. The van der Waals surface area contributed by atoms with E-state index in [0.29, 0.717) is 0 Å². The lowest BCUT2D eigenvalue weighted by atomic mass is 10.1. The highest BCUT2D eigenvalue weighted by Crippen LogP contribution is 2.05. The number of unbranched alkanes of at least 4 members (excludes halogenated alkanes) is 4. The summed E-state index contributed by atoms with van der Waals surface area (Å²) in [4.78, 5) is 0. The Kier molecular flexibility index (Phi) is 13.1. The highest BCUT2D eigenvalue weighted by atomic mass is 16.3. The van der Waals surface area contributed by atoms with Crippen molar-refractivity contribution in [1.29, 1.82) is 0 Å². The Bertz CT molecular complexity index is 194. The Morgan fingerprint density at radius 2 is 1.41 bits per heavy atom. The third-order valence-electron chi connectivity index (χ3n) is 2.86. The summed E-state index contributed by atoms with van der Waals surface area (Å²) >= 11 is 0. The number of aliphatic hydroxyl groups is 1. The largest absolute Gasteiger partial charge is 0.393 e. The molecule has 17 heavy (non-hydrogen) atoms. The number of rotatable bonds is 11. The zero-order chi connectivity index (χ0) is 12.8. The van der Waals surface area contributed by atoms with Gasteiger partial charge in [0, 0.05) is 0 Å². The van der Waals surface area contributed by atoms with Gasteiger partial charge in [-0.25, -0.2) is 0 Å². The SMILES string of the molecule is CCCCC=CCCC=CCC(O)CCCC. The van der Waals surface area contributed by atoms with Gasteiger partial charge in [-0.05, 0) is 32.1 Å². The molecule has 0 radical (unpaired) electrons. The normalized spacial score (nSPS) is 13.8. The Balaban J connectivity index is 3.32. The van der Waals surface area contributed by atoms with Crippen molar-refractivity contribution in [3.8, 4) is 0 Å². The van der Waals surface area contributed by atoms with E-state index >= 15 is 0 Å². The lowest BCUT2D eigenvalue weighted by molar-refractivity contribution is 0.164. The standard InChI is InChI=1S/C16H30O/c1-3-5-7-8-9-10-11-12-13-15-16(17)14-6-4-2/h8-9,12-13,16-17H,3-7,10-11,14-15H2,1-2H3. The molecule has 0 amide bonds. The molecule has 1 nitrogen and oxygen atoms in total. The second kappa shape index (κ2) is 13.5. The lowest BCUT2D eigenvalue weighted by Crippen LogP contribution is -2.03. The van der Waals surface area contributed by atoms with E-state index in [1.807, 2.05) is 0 Å². The van der Waals surface area contributed by atoms with Crippen molar-refractivity contribution in [2.75, 3.05) is 0 Å². The van der Waals surface area contributed by atoms with Crippen molar-refractivity contribution in [1.82, 2.24) is 0 Å². The maximum Gasteiger partial charge on any atom is 0.0574 e. The summed E-state index contributed by atoms with van der Waals surface area (Å²) in [5.41, 5.74) is 0. The molecule has 0 aliphatic rings. The van der Waals surface area contributed by atoms with Crippen molar-refractivity contribution in [2.45, 2.75) is 77.7 Å². The van der Waals surface area contributed by atoms with Crippen LogP contribution in [-0.4, -0.2) is 11.2 Å². The van der Waals surface area contributed by atoms with E-state index in [2.05, 4.69) is 38.2 Å². The molecule has 0 fully saturated rings. The average molecular weight is 238 g/mol. The molecule has 100 valence electrons. The van der Waals surface area contributed by atoms with Crippen LogP contribution in [0.4, 0.5) is 0 Å². The molecule has 0 bridgehead atoms. The number of aliphatic hydroxyl groups excluding tert-OH is 1. The van der Waals surface area contributed by atoms with Gasteiger partial charge in [0.1, 0.15) is 0 Å². The molecule has 0 spiro atoms. The van der Waals surface area contributed by atoms with E-state index in [0.717, 1.165) is 32.1 Å². The molecule has 1 atom stereocenters. The van der Waals surface area contributed by atoms with Crippen LogP contribution in [0, 0.1) is 0 Å². The van der Waals surface area contributed by atoms with Gasteiger partial charge in [-0.1, -0.05) is 63.8 Å². The Morgan fingerprint density at radius 1 is 0.824 bits per heavy atom. The summed E-state index contributed by atoms with van der Waals surface area (Å²) in [5, 5.41) is 9.61. The van der Waals surface area contributed by atoms with Gasteiger partial charge < -0.3 is 5.11 Å². The smallest absolute Gasteiger partial charge is 0.0574 e. The van der Waals surface area contributed by atoms with E-state index in [1.165, 1.54) is 25.7 Å². The van der Waals surface area contributed by atoms with Gasteiger partial charge in [-0.3, -0.25) is 0 Å². The van der Waals surface area contributed by atoms with Gasteiger partial charge >= 0.3 is 0 Å². The highest BCUT2D eigenvalue weighted by molar-refractivity contribution is 4.89. The molecular formula is C16H30O. The van der Waals surface area contributed by atoms with Gasteiger partial charge in [0.15, 0.2) is 0 Å². The lowest BCUT2D eigenvalue weighted by Gasteiger charge is -2.05. The van der Waals surface area contributed by atoms with Gasteiger partial charge in [-0.2, -0.15) is 0 Å². The van der Waals surface area contributed by atoms with Crippen LogP contribution in [0.5, 0.6) is 0 Å². The fourth-order valence-electron chi connectivity index (χ4n) is 1.68. The van der Waals surface area contributed by atoms with Crippen LogP contribution in [0.15, 0.2) is 24.3 Å². The first-order chi connectivity index (χ1) is 8.31. The number of allylic oxidation sites excluding steroid dienone is 3. The maximum atomic E-state index is 9.61. The Morgan fingerprint density at radius 3 is 2.06 bits per heavy atom. The third-order valence-corrected chi connectivity index (χ3v) is 2.86. The van der Waals surface area contributed by atoms with Crippen molar-refractivity contribution < 1.29 is 5.11 Å². The second-order valence-electron chi connectivity index (χ2n) is 4.69. The van der Waals surface area contributed by atoms with Crippen molar-refractivity contribution in [3.63, 3.8) is 0 Å². The van der Waals surface area contributed by atoms with Crippen molar-refractivity contribution in [3.05, 3.63) is 24.3 Å². The molecule has 0 rings (SSSR count). The summed E-state index contributed by atoms with van der Waals surface area (Å²) in [5.74, 6) is 0. The van der Waals surface area contributed by atoms with E-state index in [1.54, 1.807) is 0 Å². The molecule has 0 saturated carbocycles. The first kappa shape index (κ1) is 16.4. The van der Waals surface area contributed by atoms with Crippen LogP contribution < -0.4 is 0 Å². The zero-order valence-electron chi connectivity index (χ0n) is 11.7. The quantitative estimate of drug-likeness (QED) is 0.396. The van der Waals surface area contributed by atoms with Gasteiger partial charge in [-0.15, -0.1) is 0 Å². The van der Waals surface area contributed by atoms with E-state index in [-0.39, 0.29) is 6.10 Å². The number of hydrogen-bond donors (Lipinski definition) is 1. The van der Waals surface area contributed by atoms with E-state index in [9.17, 15) is 5.11 Å². The minimum absolute atomic E-state index is 0.133. The first-order valence-electron chi connectivity index (χ1n) is 7.29. The second-order valence-corrected chi connectivity index (χ2v) is 4.69. The fraction of sp³-hybridized carbons (Fsp3) is 0.750. The number of hydrogen-bond acceptors (Lipinski definition) is 1. The summed E-state index contributed by atoms with van der Waals surface area (Å²) in [6.45, 7) is 4.38. The molecule has 0 heterocycles. The molecule has 0 aromatic heterocycles. The molecule has 0 aromatic carbocycles. The van der Waals surface area contributed by atoms with Gasteiger partial charge in [0.05, 0.1) is 6.10 Å².